The molecule has 1 aliphatic rings. The van der Waals surface area contributed by atoms with E-state index in [1.807, 2.05) is 0 Å². The Bertz CT molecular complexity index is 855. The molecule has 27 heavy (non-hydrogen) atoms. The number of aryl methyl sites for hydroxylation is 2. The van der Waals surface area contributed by atoms with Gasteiger partial charge < -0.3 is 5.32 Å². The Morgan fingerprint density at radius 2 is 2.00 bits per heavy atom. The van der Waals surface area contributed by atoms with Crippen molar-refractivity contribution < 1.29 is 13.2 Å². The van der Waals surface area contributed by atoms with Gasteiger partial charge >= 0.3 is 0 Å². The highest BCUT2D eigenvalue weighted by molar-refractivity contribution is 7.91. The van der Waals surface area contributed by atoms with Crippen LogP contribution in [0.4, 0.5) is 0 Å². The minimum absolute atomic E-state index is 0.0485. The number of amides is 1. The van der Waals surface area contributed by atoms with E-state index in [4.69, 9.17) is 0 Å². The Morgan fingerprint density at radius 3 is 2.67 bits per heavy atom. The molecule has 1 aromatic heterocycles. The van der Waals surface area contributed by atoms with Crippen LogP contribution in [0.2, 0.25) is 0 Å². The number of nitrogens with zero attached hydrogens (tertiary/aromatic N) is 1. The Hall–Kier alpha value is -1.70. The van der Waals surface area contributed by atoms with Crippen LogP contribution in [0.1, 0.15) is 30.4 Å². The van der Waals surface area contributed by atoms with Crippen molar-refractivity contribution in [3.63, 3.8) is 0 Å². The minimum atomic E-state index is -3.40. The zero-order chi connectivity index (χ0) is 19.3. The van der Waals surface area contributed by atoms with E-state index in [0.717, 1.165) is 12.8 Å². The van der Waals surface area contributed by atoms with Crippen LogP contribution in [0.25, 0.3) is 0 Å². The highest BCUT2D eigenvalue weighted by atomic mass is 32.2. The summed E-state index contributed by atoms with van der Waals surface area (Å²) in [5, 5.41) is 4.78. The second-order valence-corrected chi connectivity index (χ2v) is 10.1. The molecule has 2 aromatic rings. The van der Waals surface area contributed by atoms with Crippen molar-refractivity contribution in [1.29, 1.82) is 0 Å². The van der Waals surface area contributed by atoms with E-state index in [0.29, 0.717) is 36.7 Å². The fourth-order valence-corrected chi connectivity index (χ4v) is 6.03. The highest BCUT2D eigenvalue weighted by Crippen LogP contribution is 2.26. The van der Waals surface area contributed by atoms with Gasteiger partial charge in [-0.1, -0.05) is 35.9 Å². The second-order valence-electron chi connectivity index (χ2n) is 6.99. The maximum Gasteiger partial charge on any atom is 0.252 e. The SMILES string of the molecule is Cc1cccc(CCCNC(=O)C2CCN(S(=O)(=O)c3cccs3)CC2)c1. The Labute approximate surface area is 165 Å². The van der Waals surface area contributed by atoms with Gasteiger partial charge in [-0.25, -0.2) is 8.42 Å². The first-order valence-corrected chi connectivity index (χ1v) is 11.7. The number of hydrogen-bond donors (Lipinski definition) is 1. The molecule has 1 aromatic carbocycles. The van der Waals surface area contributed by atoms with Gasteiger partial charge in [0.05, 0.1) is 0 Å². The van der Waals surface area contributed by atoms with Gasteiger partial charge in [-0.05, 0) is 49.6 Å². The van der Waals surface area contributed by atoms with Crippen molar-refractivity contribution in [3.8, 4) is 0 Å². The van der Waals surface area contributed by atoms with Crippen molar-refractivity contribution in [3.05, 3.63) is 52.9 Å². The summed E-state index contributed by atoms with van der Waals surface area (Å²) in [6.07, 6.45) is 3.00. The quantitative estimate of drug-likeness (QED) is 0.718. The minimum Gasteiger partial charge on any atom is -0.356 e. The molecule has 0 unspecified atom stereocenters. The van der Waals surface area contributed by atoms with Crippen LogP contribution in [0.3, 0.4) is 0 Å². The van der Waals surface area contributed by atoms with Gasteiger partial charge in [-0.3, -0.25) is 4.79 Å². The van der Waals surface area contributed by atoms with Gasteiger partial charge in [0.1, 0.15) is 4.21 Å². The van der Waals surface area contributed by atoms with Crippen LogP contribution in [-0.2, 0) is 21.2 Å². The van der Waals surface area contributed by atoms with E-state index in [9.17, 15) is 13.2 Å². The summed E-state index contributed by atoms with van der Waals surface area (Å²) in [7, 11) is -3.40. The summed E-state index contributed by atoms with van der Waals surface area (Å²) >= 11 is 1.23. The van der Waals surface area contributed by atoms with Crippen molar-refractivity contribution >= 4 is 27.3 Å². The van der Waals surface area contributed by atoms with Crippen molar-refractivity contribution in [2.45, 2.75) is 36.8 Å². The van der Waals surface area contributed by atoms with E-state index < -0.39 is 10.0 Å². The molecule has 0 radical (unpaired) electrons. The predicted molar refractivity (Wildman–Crippen MR) is 108 cm³/mol. The van der Waals surface area contributed by atoms with Gasteiger partial charge in [-0.15, -0.1) is 11.3 Å². The number of piperidine rings is 1. The van der Waals surface area contributed by atoms with E-state index in [1.54, 1.807) is 17.5 Å². The van der Waals surface area contributed by atoms with Gasteiger partial charge in [0.25, 0.3) is 10.0 Å². The van der Waals surface area contributed by atoms with Crippen molar-refractivity contribution in [1.82, 2.24) is 9.62 Å². The molecule has 1 N–H and O–H groups in total. The molecule has 0 spiro atoms. The third kappa shape index (κ3) is 5.18. The van der Waals surface area contributed by atoms with Crippen molar-refractivity contribution in [2.75, 3.05) is 19.6 Å². The average Bonchev–Trinajstić information content (AvgIpc) is 3.21. The molecule has 1 saturated heterocycles. The van der Waals surface area contributed by atoms with Gasteiger partial charge in [-0.2, -0.15) is 4.31 Å². The molecular formula is C20H26N2O3S2. The first-order valence-electron chi connectivity index (χ1n) is 9.34. The lowest BCUT2D eigenvalue weighted by molar-refractivity contribution is -0.126. The lowest BCUT2D eigenvalue weighted by atomic mass is 9.97. The maximum atomic E-state index is 12.5. The molecule has 5 nitrogen and oxygen atoms in total. The molecule has 0 bridgehead atoms. The molecule has 7 heteroatoms. The fourth-order valence-electron chi connectivity index (χ4n) is 3.41. The van der Waals surface area contributed by atoms with E-state index in [1.165, 1.54) is 26.8 Å². The lowest BCUT2D eigenvalue weighted by Gasteiger charge is -2.30. The Morgan fingerprint density at radius 1 is 1.22 bits per heavy atom. The number of sulfonamides is 1. The number of rotatable bonds is 7. The van der Waals surface area contributed by atoms with Crippen LogP contribution >= 0.6 is 11.3 Å². The standard InChI is InChI=1S/C20H26N2O3S2/c1-16-5-2-6-17(15-16)7-3-11-21-20(23)18-9-12-22(13-10-18)27(24,25)19-8-4-14-26-19/h2,4-6,8,14-15,18H,3,7,9-13H2,1H3,(H,21,23). The maximum absolute atomic E-state index is 12.5. The lowest BCUT2D eigenvalue weighted by Crippen LogP contribution is -2.43. The third-order valence-electron chi connectivity index (χ3n) is 4.94. The normalized spacial score (nSPS) is 16.3. The number of nitrogens with one attached hydrogen (secondary N) is 1. The molecule has 0 aliphatic carbocycles. The first kappa shape index (κ1) is 20.0. The van der Waals surface area contributed by atoms with E-state index >= 15 is 0 Å². The van der Waals surface area contributed by atoms with Gasteiger partial charge in [0.2, 0.25) is 5.91 Å². The molecule has 146 valence electrons. The largest absolute Gasteiger partial charge is 0.356 e. The smallest absolute Gasteiger partial charge is 0.252 e. The van der Waals surface area contributed by atoms with E-state index in [2.05, 4.69) is 36.5 Å². The van der Waals surface area contributed by atoms with Crippen LogP contribution < -0.4 is 5.32 Å². The van der Waals surface area contributed by atoms with E-state index in [-0.39, 0.29) is 11.8 Å². The number of hydrogen-bond acceptors (Lipinski definition) is 4. The molecule has 0 saturated carbocycles. The summed E-state index contributed by atoms with van der Waals surface area (Å²) in [5.41, 5.74) is 2.54. The van der Waals surface area contributed by atoms with Crippen LogP contribution in [-0.4, -0.2) is 38.3 Å². The topological polar surface area (TPSA) is 66.5 Å². The number of benzene rings is 1. The molecule has 1 amide bonds. The van der Waals surface area contributed by atoms with Crippen molar-refractivity contribution in [2.24, 2.45) is 5.92 Å². The molecule has 1 fully saturated rings. The second kappa shape index (κ2) is 8.99. The van der Waals surface area contributed by atoms with Gasteiger partial charge in [0.15, 0.2) is 0 Å². The van der Waals surface area contributed by atoms with Crippen LogP contribution in [0.5, 0.6) is 0 Å². The zero-order valence-electron chi connectivity index (χ0n) is 15.6. The summed E-state index contributed by atoms with van der Waals surface area (Å²) in [5.74, 6) is -0.0498. The summed E-state index contributed by atoms with van der Waals surface area (Å²) in [6.45, 7) is 3.54. The number of carbonyl (C=O) groups is 1. The monoisotopic (exact) mass is 406 g/mol. The predicted octanol–water partition coefficient (Wildman–Crippen LogP) is 3.21. The Balaban J connectivity index is 1.41. The molecular weight excluding hydrogens is 380 g/mol. The highest BCUT2D eigenvalue weighted by Gasteiger charge is 2.32. The van der Waals surface area contributed by atoms with Gasteiger partial charge in [0, 0.05) is 25.6 Å². The number of thiophene rings is 1. The fraction of sp³-hybridized carbons (Fsp3) is 0.450. The number of carbonyl (C=O) groups excluding carboxylic acids is 1. The summed E-state index contributed by atoms with van der Waals surface area (Å²) in [6, 6.07) is 11.8. The molecule has 1 aliphatic heterocycles. The zero-order valence-corrected chi connectivity index (χ0v) is 17.2. The third-order valence-corrected chi connectivity index (χ3v) is 8.21. The molecule has 3 rings (SSSR count). The van der Waals surface area contributed by atoms with Crippen LogP contribution in [0.15, 0.2) is 46.0 Å². The van der Waals surface area contributed by atoms with Crippen LogP contribution in [0, 0.1) is 12.8 Å². The Kier molecular flexibility index (Phi) is 6.68. The summed E-state index contributed by atoms with van der Waals surface area (Å²) < 4.78 is 26.9. The average molecular weight is 407 g/mol. The molecule has 2 heterocycles. The first-order chi connectivity index (χ1) is 13.0. The molecule has 0 atom stereocenters. The summed E-state index contributed by atoms with van der Waals surface area (Å²) in [4.78, 5) is 12.4.